The number of likely N-dealkylation sites (N-methyl/N-ethyl adjacent to an activating group) is 2. The molecule has 1 aliphatic rings. The lowest BCUT2D eigenvalue weighted by atomic mass is 10.0. The molecule has 0 aromatic rings. The summed E-state index contributed by atoms with van der Waals surface area (Å²) >= 11 is 4.95. The lowest BCUT2D eigenvalue weighted by Gasteiger charge is -2.24. The van der Waals surface area contributed by atoms with Gasteiger partial charge < -0.3 is 10.6 Å². The molecule has 0 bridgehead atoms. The number of nitrogens with zero attached hydrogens (tertiary/aromatic N) is 2. The van der Waals surface area contributed by atoms with Crippen LogP contribution in [-0.4, -0.2) is 54.9 Å². The van der Waals surface area contributed by atoms with Crippen LogP contribution in [0.15, 0.2) is 0 Å². The third-order valence-electron chi connectivity index (χ3n) is 3.02. The molecule has 0 spiro atoms. The lowest BCUT2D eigenvalue weighted by molar-refractivity contribution is -0.129. The van der Waals surface area contributed by atoms with E-state index in [2.05, 4.69) is 4.90 Å². The monoisotopic (exact) mass is 243 g/mol. The summed E-state index contributed by atoms with van der Waals surface area (Å²) in [6.45, 7) is 1.37. The van der Waals surface area contributed by atoms with Gasteiger partial charge in [0.05, 0.1) is 11.5 Å². The highest BCUT2D eigenvalue weighted by Crippen LogP contribution is 2.49. The number of rotatable bonds is 6. The molecule has 0 atom stereocenters. The minimum Gasteiger partial charge on any atom is -0.393 e. The molecule has 4 nitrogen and oxygen atoms in total. The second-order valence-electron chi connectivity index (χ2n) is 5.10. The molecule has 0 radical (unpaired) electrons. The van der Waals surface area contributed by atoms with Crippen molar-refractivity contribution in [3.8, 4) is 0 Å². The van der Waals surface area contributed by atoms with Gasteiger partial charge in [-0.3, -0.25) is 9.69 Å². The van der Waals surface area contributed by atoms with Crippen molar-refractivity contribution in [2.24, 2.45) is 11.1 Å². The SMILES string of the molecule is CN(CC(=O)N(C)C)CC1(CC(N)=S)CC1. The maximum atomic E-state index is 11.5. The zero-order valence-corrected chi connectivity index (χ0v) is 11.1. The van der Waals surface area contributed by atoms with Gasteiger partial charge in [-0.25, -0.2) is 0 Å². The Hall–Kier alpha value is -0.680. The fourth-order valence-corrected chi connectivity index (χ4v) is 2.24. The van der Waals surface area contributed by atoms with E-state index in [1.165, 1.54) is 12.8 Å². The van der Waals surface area contributed by atoms with Crippen molar-refractivity contribution in [1.29, 1.82) is 0 Å². The molecule has 0 saturated heterocycles. The van der Waals surface area contributed by atoms with Crippen molar-refractivity contribution in [3.63, 3.8) is 0 Å². The van der Waals surface area contributed by atoms with Gasteiger partial charge in [-0.15, -0.1) is 0 Å². The molecule has 0 heterocycles. The summed E-state index contributed by atoms with van der Waals surface area (Å²) in [5.74, 6) is 0.133. The van der Waals surface area contributed by atoms with Gasteiger partial charge in [0, 0.05) is 27.1 Å². The van der Waals surface area contributed by atoms with E-state index in [-0.39, 0.29) is 11.3 Å². The van der Waals surface area contributed by atoms with E-state index >= 15 is 0 Å². The first-order valence-electron chi connectivity index (χ1n) is 5.52. The largest absolute Gasteiger partial charge is 0.393 e. The van der Waals surface area contributed by atoms with Crippen LogP contribution in [-0.2, 0) is 4.79 Å². The first-order chi connectivity index (χ1) is 7.34. The number of carbonyl (C=O) groups is 1. The van der Waals surface area contributed by atoms with Crippen molar-refractivity contribution < 1.29 is 4.79 Å². The van der Waals surface area contributed by atoms with Gasteiger partial charge in [-0.2, -0.15) is 0 Å². The van der Waals surface area contributed by atoms with E-state index in [4.69, 9.17) is 18.0 Å². The maximum absolute atomic E-state index is 11.5. The number of hydrogen-bond acceptors (Lipinski definition) is 3. The molecule has 5 heteroatoms. The van der Waals surface area contributed by atoms with Crippen LogP contribution in [0.5, 0.6) is 0 Å². The molecule has 92 valence electrons. The Labute approximate surface area is 103 Å². The Bertz CT molecular complexity index is 287. The third kappa shape index (κ3) is 4.06. The maximum Gasteiger partial charge on any atom is 0.236 e. The fourth-order valence-electron chi connectivity index (χ4n) is 1.94. The summed E-state index contributed by atoms with van der Waals surface area (Å²) in [4.78, 5) is 15.8. The van der Waals surface area contributed by atoms with Crippen LogP contribution in [0.4, 0.5) is 0 Å². The Morgan fingerprint density at radius 1 is 1.38 bits per heavy atom. The topological polar surface area (TPSA) is 49.6 Å². The van der Waals surface area contributed by atoms with Gasteiger partial charge >= 0.3 is 0 Å². The minimum absolute atomic E-state index is 0.133. The molecule has 0 aromatic heterocycles. The molecule has 16 heavy (non-hydrogen) atoms. The second kappa shape index (κ2) is 5.10. The Kier molecular flexibility index (Phi) is 4.27. The minimum atomic E-state index is 0.133. The van der Waals surface area contributed by atoms with Crippen LogP contribution in [0.1, 0.15) is 19.3 Å². The smallest absolute Gasteiger partial charge is 0.236 e. The standard InChI is InChI=1S/C11H21N3OS/c1-13(2)10(15)7-14(3)8-11(4-5-11)6-9(12)16/h4-8H2,1-3H3,(H2,12,16). The Morgan fingerprint density at radius 3 is 2.31 bits per heavy atom. The van der Waals surface area contributed by atoms with E-state index in [1.54, 1.807) is 19.0 Å². The average molecular weight is 243 g/mol. The third-order valence-corrected chi connectivity index (χ3v) is 3.16. The van der Waals surface area contributed by atoms with Crippen LogP contribution in [0, 0.1) is 5.41 Å². The molecule has 1 amide bonds. The van der Waals surface area contributed by atoms with Crippen LogP contribution in [0.3, 0.4) is 0 Å². The van der Waals surface area contributed by atoms with Crippen LogP contribution < -0.4 is 5.73 Å². The molecule has 0 aliphatic heterocycles. The van der Waals surface area contributed by atoms with Crippen molar-refractivity contribution in [2.75, 3.05) is 34.2 Å². The Morgan fingerprint density at radius 2 is 1.94 bits per heavy atom. The zero-order valence-electron chi connectivity index (χ0n) is 10.3. The van der Waals surface area contributed by atoms with Crippen LogP contribution in [0.2, 0.25) is 0 Å². The predicted molar refractivity (Wildman–Crippen MR) is 69.3 cm³/mol. The first-order valence-corrected chi connectivity index (χ1v) is 5.92. The molecule has 1 aliphatic carbocycles. The van der Waals surface area contributed by atoms with E-state index in [9.17, 15) is 4.79 Å². The summed E-state index contributed by atoms with van der Waals surface area (Å²) in [6.07, 6.45) is 3.15. The molecular weight excluding hydrogens is 222 g/mol. The predicted octanol–water partition coefficient (Wildman–Crippen LogP) is 0.463. The van der Waals surface area contributed by atoms with Gasteiger partial charge in [0.2, 0.25) is 5.91 Å². The van der Waals surface area contributed by atoms with Gasteiger partial charge in [-0.1, -0.05) is 12.2 Å². The van der Waals surface area contributed by atoms with Crippen molar-refractivity contribution in [1.82, 2.24) is 9.80 Å². The second-order valence-corrected chi connectivity index (χ2v) is 5.63. The zero-order chi connectivity index (χ0) is 12.3. The molecule has 2 N–H and O–H groups in total. The highest BCUT2D eigenvalue weighted by atomic mass is 32.1. The van der Waals surface area contributed by atoms with Crippen LogP contribution in [0.25, 0.3) is 0 Å². The summed E-state index contributed by atoms with van der Waals surface area (Å²) in [5.41, 5.74) is 5.84. The van der Waals surface area contributed by atoms with E-state index in [0.29, 0.717) is 11.5 Å². The molecule has 0 aromatic carbocycles. The number of nitrogens with two attached hydrogens (primary N) is 1. The van der Waals surface area contributed by atoms with Gasteiger partial charge in [0.15, 0.2) is 0 Å². The van der Waals surface area contributed by atoms with E-state index < -0.39 is 0 Å². The highest BCUT2D eigenvalue weighted by Gasteiger charge is 2.43. The lowest BCUT2D eigenvalue weighted by Crippen LogP contribution is -2.38. The summed E-state index contributed by atoms with van der Waals surface area (Å²) < 4.78 is 0. The Balaban J connectivity index is 2.37. The van der Waals surface area contributed by atoms with Crippen molar-refractivity contribution in [3.05, 3.63) is 0 Å². The number of carbonyl (C=O) groups excluding carboxylic acids is 1. The summed E-state index contributed by atoms with van der Waals surface area (Å²) in [7, 11) is 5.52. The molecule has 0 unspecified atom stereocenters. The quantitative estimate of drug-likeness (QED) is 0.689. The van der Waals surface area contributed by atoms with Gasteiger partial charge in [0.25, 0.3) is 0 Å². The van der Waals surface area contributed by atoms with E-state index in [1.807, 2.05) is 7.05 Å². The number of thiocarbonyl (C=S) groups is 1. The molecule has 1 fully saturated rings. The average Bonchev–Trinajstić information content (AvgIpc) is 2.82. The first kappa shape index (κ1) is 13.4. The normalized spacial score (nSPS) is 17.2. The van der Waals surface area contributed by atoms with Gasteiger partial charge in [0.1, 0.15) is 0 Å². The fraction of sp³-hybridized carbons (Fsp3) is 0.818. The van der Waals surface area contributed by atoms with E-state index in [0.717, 1.165) is 13.0 Å². The molecular formula is C11H21N3OS. The molecule has 1 rings (SSSR count). The summed E-state index contributed by atoms with van der Waals surface area (Å²) in [5, 5.41) is 0. The summed E-state index contributed by atoms with van der Waals surface area (Å²) in [6, 6.07) is 0. The highest BCUT2D eigenvalue weighted by molar-refractivity contribution is 7.80. The van der Waals surface area contributed by atoms with Crippen molar-refractivity contribution >= 4 is 23.1 Å². The van der Waals surface area contributed by atoms with Crippen LogP contribution >= 0.6 is 12.2 Å². The van der Waals surface area contributed by atoms with Gasteiger partial charge in [-0.05, 0) is 25.3 Å². The molecule has 1 saturated carbocycles. The number of amides is 1. The number of hydrogen-bond donors (Lipinski definition) is 1. The van der Waals surface area contributed by atoms with Crippen molar-refractivity contribution in [2.45, 2.75) is 19.3 Å².